The van der Waals surface area contributed by atoms with E-state index in [2.05, 4.69) is 9.78 Å². The van der Waals surface area contributed by atoms with Crippen LogP contribution in [0.25, 0.3) is 0 Å². The van der Waals surface area contributed by atoms with Crippen LogP contribution >= 0.6 is 0 Å². The molecule has 24 heteroatoms. The lowest BCUT2D eigenvalue weighted by molar-refractivity contribution is -0.399. The predicted molar refractivity (Wildman–Crippen MR) is 151 cm³/mol. The van der Waals surface area contributed by atoms with Crippen molar-refractivity contribution in [1.82, 2.24) is 0 Å². The maximum atomic E-state index is 12.7. The lowest BCUT2D eigenvalue weighted by atomic mass is 9.93. The molecule has 0 spiro atoms. The van der Waals surface area contributed by atoms with Crippen LogP contribution in [0.15, 0.2) is 0 Å². The maximum absolute atomic E-state index is 12.7. The first-order valence-electron chi connectivity index (χ1n) is 14.9. The summed E-state index contributed by atoms with van der Waals surface area (Å²) in [7, 11) is 0. The van der Waals surface area contributed by atoms with E-state index < -0.39 is 155 Å². The van der Waals surface area contributed by atoms with Gasteiger partial charge in [0.2, 0.25) is 0 Å². The Bertz CT molecular complexity index is 1110. The molecule has 3 heterocycles. The van der Waals surface area contributed by atoms with Crippen molar-refractivity contribution in [3.8, 4) is 0 Å². The number of hydrogen-bond donors (Lipinski definition) is 13. The Morgan fingerprint density at radius 1 is 0.755 bits per heavy atom. The van der Waals surface area contributed by atoms with Crippen LogP contribution in [0.2, 0.25) is 0 Å². The van der Waals surface area contributed by atoms with E-state index in [-0.39, 0.29) is 0 Å². The van der Waals surface area contributed by atoms with Crippen LogP contribution in [0.3, 0.4) is 0 Å². The summed E-state index contributed by atoms with van der Waals surface area (Å²) in [5, 5.41) is 82.7. The summed E-state index contributed by atoms with van der Waals surface area (Å²) in [6, 6.07) is -6.04. The molecule has 6 unspecified atom stereocenters. The molecule has 3 aliphatic rings. The Labute approximate surface area is 277 Å². The molecule has 49 heavy (non-hydrogen) atoms. The van der Waals surface area contributed by atoms with E-state index in [0.717, 1.165) is 0 Å². The number of nitrogens with two attached hydrogens (primary N) is 5. The highest BCUT2D eigenvalue weighted by atomic mass is 17.2. The zero-order chi connectivity index (χ0) is 36.8. The van der Waals surface area contributed by atoms with Crippen LogP contribution in [0.5, 0.6) is 0 Å². The van der Waals surface area contributed by atoms with Crippen LogP contribution in [0.1, 0.15) is 12.8 Å². The summed E-state index contributed by atoms with van der Waals surface area (Å²) < 4.78 is 32.8. The van der Waals surface area contributed by atoms with Crippen molar-refractivity contribution in [3.63, 3.8) is 0 Å². The van der Waals surface area contributed by atoms with Gasteiger partial charge in [0.15, 0.2) is 18.9 Å². The Kier molecular flexibility index (Phi) is 14.9. The minimum absolute atomic E-state index is 0.460. The van der Waals surface area contributed by atoms with Gasteiger partial charge in [-0.1, -0.05) is 0 Å². The second-order valence-electron chi connectivity index (χ2n) is 11.5. The second-order valence-corrected chi connectivity index (χ2v) is 11.5. The molecule has 284 valence electrons. The molecule has 3 fully saturated rings. The smallest absolute Gasteiger partial charge is 0.372 e. The van der Waals surface area contributed by atoms with Crippen LogP contribution in [-0.2, 0) is 52.6 Å². The molecule has 3 saturated heterocycles. The quantitative estimate of drug-likeness (QED) is 0.0477. The molecule has 0 aliphatic carbocycles. The van der Waals surface area contributed by atoms with E-state index >= 15 is 0 Å². The molecular weight excluding hydrogens is 674 g/mol. The normalized spacial score (nSPS) is 41.8. The molecule has 0 radical (unpaired) electrons. The Morgan fingerprint density at radius 2 is 1.31 bits per heavy atom. The van der Waals surface area contributed by atoms with Gasteiger partial charge < -0.3 is 97.9 Å². The standard InChI is InChI=1S/C25H45N5O19/c26-3-11(35)48-49-21(40)7(27)1-2-10(34)46-25(6-33)20(39)17(38)14(30)24(47-25)45-19-9(5-32)43-23(13(29)16(19)37)44-18-8(4-31)42-22(41)12(28)15(18)36/h7-9,12-20,22-24,31-33,36-39,41H,1-6,26-30H2/t7-,8-,9-,12?,13?,14-,15?,16-,17-,18?,19?,20+,22?,23+,24-,25-/m1/s1. The van der Waals surface area contributed by atoms with Gasteiger partial charge in [-0.2, -0.15) is 0 Å². The summed E-state index contributed by atoms with van der Waals surface area (Å²) in [4.78, 5) is 43.8. The third-order valence-corrected chi connectivity index (χ3v) is 8.05. The van der Waals surface area contributed by atoms with Crippen LogP contribution in [0, 0.1) is 0 Å². The van der Waals surface area contributed by atoms with E-state index in [9.17, 15) is 55.2 Å². The Balaban J connectivity index is 1.70. The highest BCUT2D eigenvalue weighted by Gasteiger charge is 2.58. The van der Waals surface area contributed by atoms with Crippen molar-refractivity contribution in [3.05, 3.63) is 0 Å². The van der Waals surface area contributed by atoms with Gasteiger partial charge in [-0.05, 0) is 6.42 Å². The van der Waals surface area contributed by atoms with Gasteiger partial charge in [-0.3, -0.25) is 4.79 Å². The monoisotopic (exact) mass is 719 g/mol. The largest absolute Gasteiger partial charge is 0.427 e. The van der Waals surface area contributed by atoms with Gasteiger partial charge in [0.25, 0.3) is 5.79 Å². The molecule has 24 nitrogen and oxygen atoms in total. The van der Waals surface area contributed by atoms with Crippen molar-refractivity contribution >= 4 is 17.9 Å². The third kappa shape index (κ3) is 9.33. The molecule has 0 bridgehead atoms. The molecule has 0 aromatic heterocycles. The number of carbonyl (C=O) groups excluding carboxylic acids is 3. The number of ether oxygens (including phenoxy) is 6. The highest BCUT2D eigenvalue weighted by Crippen LogP contribution is 2.35. The van der Waals surface area contributed by atoms with E-state index in [4.69, 9.17) is 57.1 Å². The number of esters is 1. The second kappa shape index (κ2) is 17.8. The minimum atomic E-state index is -2.74. The molecule has 18 N–H and O–H groups in total. The summed E-state index contributed by atoms with van der Waals surface area (Å²) >= 11 is 0. The molecule has 0 aromatic rings. The molecule has 16 atom stereocenters. The number of carbonyl (C=O) groups is 3. The van der Waals surface area contributed by atoms with E-state index in [1.54, 1.807) is 0 Å². The molecular formula is C25H45N5O19. The zero-order valence-corrected chi connectivity index (χ0v) is 25.9. The fraction of sp³-hybridized carbons (Fsp3) is 0.880. The van der Waals surface area contributed by atoms with Gasteiger partial charge in [-0.25, -0.2) is 19.4 Å². The number of aliphatic hydroxyl groups is 8. The summed E-state index contributed by atoms with van der Waals surface area (Å²) in [6.45, 7) is -3.49. The lowest BCUT2D eigenvalue weighted by Crippen LogP contribution is -2.72. The Hall–Kier alpha value is -2.31. The molecule has 0 saturated carbocycles. The molecule has 0 amide bonds. The van der Waals surface area contributed by atoms with Gasteiger partial charge in [0, 0.05) is 6.42 Å². The first-order chi connectivity index (χ1) is 23.0. The van der Waals surface area contributed by atoms with Crippen LogP contribution in [-0.4, -0.2) is 183 Å². The van der Waals surface area contributed by atoms with Crippen molar-refractivity contribution < 1.29 is 93.4 Å². The SMILES string of the molecule is NCC(=O)OOC(=O)[C@H](N)CCC(=O)O[C@]1(CO)O[C@@H](OC2[C@H](O)C(N)[C@H](OC3C(O)C(N)C(O)O[C@@H]3CO)O[C@@H]2CO)[C@H](N)[C@@H](O)[C@@H]1O. The number of rotatable bonds is 13. The molecule has 3 rings (SSSR count). The van der Waals surface area contributed by atoms with Gasteiger partial charge in [-0.15, -0.1) is 0 Å². The zero-order valence-electron chi connectivity index (χ0n) is 25.9. The third-order valence-electron chi connectivity index (χ3n) is 8.05. The summed E-state index contributed by atoms with van der Waals surface area (Å²) in [5.74, 6) is -6.28. The first kappa shape index (κ1) is 41.1. The first-order valence-corrected chi connectivity index (χ1v) is 14.9. The summed E-state index contributed by atoms with van der Waals surface area (Å²) in [5.41, 5.74) is 28.4. The number of aliphatic hydroxyl groups excluding tert-OH is 8. The van der Waals surface area contributed by atoms with Gasteiger partial charge in [0.1, 0.15) is 61.5 Å². The minimum Gasteiger partial charge on any atom is -0.427 e. The topological polar surface area (TPSA) is 417 Å². The van der Waals surface area contributed by atoms with Gasteiger partial charge >= 0.3 is 17.9 Å². The predicted octanol–water partition coefficient (Wildman–Crippen LogP) is -9.74. The van der Waals surface area contributed by atoms with Crippen molar-refractivity contribution in [2.45, 2.75) is 110 Å². The highest BCUT2D eigenvalue weighted by molar-refractivity contribution is 5.78. The molecule has 0 aromatic carbocycles. The van der Waals surface area contributed by atoms with E-state index in [1.165, 1.54) is 0 Å². The average molecular weight is 720 g/mol. The van der Waals surface area contributed by atoms with Crippen molar-refractivity contribution in [2.75, 3.05) is 26.4 Å². The Morgan fingerprint density at radius 3 is 1.88 bits per heavy atom. The lowest BCUT2D eigenvalue weighted by Gasteiger charge is -2.50. The fourth-order valence-electron chi connectivity index (χ4n) is 5.12. The van der Waals surface area contributed by atoms with E-state index in [1.807, 2.05) is 0 Å². The average Bonchev–Trinajstić information content (AvgIpc) is 3.09. The maximum Gasteiger partial charge on any atom is 0.372 e. The van der Waals surface area contributed by atoms with Crippen LogP contribution in [0.4, 0.5) is 0 Å². The van der Waals surface area contributed by atoms with Gasteiger partial charge in [0.05, 0.1) is 37.9 Å². The van der Waals surface area contributed by atoms with E-state index in [0.29, 0.717) is 0 Å². The van der Waals surface area contributed by atoms with Crippen LogP contribution < -0.4 is 28.7 Å². The molecule has 3 aliphatic heterocycles. The van der Waals surface area contributed by atoms with Crippen molar-refractivity contribution in [1.29, 1.82) is 0 Å². The van der Waals surface area contributed by atoms with Crippen molar-refractivity contribution in [2.24, 2.45) is 28.7 Å². The number of hydrogen-bond acceptors (Lipinski definition) is 24. The summed E-state index contributed by atoms with van der Waals surface area (Å²) in [6.07, 6.45) is -19.7. The fourth-order valence-corrected chi connectivity index (χ4v) is 5.12.